The van der Waals surface area contributed by atoms with Crippen molar-refractivity contribution in [2.45, 2.75) is 16.7 Å². The van der Waals surface area contributed by atoms with E-state index in [1.54, 1.807) is 11.8 Å². The van der Waals surface area contributed by atoms with E-state index in [0.29, 0.717) is 0 Å². The normalized spacial score (nSPS) is 10.3. The number of nitrogens with one attached hydrogen (secondary N) is 1. The number of amidine groups is 1. The molecule has 0 spiro atoms. The molecule has 2 rings (SSSR count). The lowest BCUT2D eigenvalue weighted by atomic mass is 10.2. The van der Waals surface area contributed by atoms with Crippen LogP contribution in [0, 0.1) is 12.3 Å². The van der Waals surface area contributed by atoms with Crippen LogP contribution in [0.4, 0.5) is 0 Å². The Hall–Kier alpha value is -1.26. The molecule has 0 saturated heterocycles. The Morgan fingerprint density at radius 1 is 1.22 bits per heavy atom. The van der Waals surface area contributed by atoms with E-state index < -0.39 is 0 Å². The molecule has 0 aliphatic rings. The third-order valence-corrected chi connectivity index (χ3v) is 4.38. The van der Waals surface area contributed by atoms with Gasteiger partial charge in [-0.05, 0) is 52.7 Å². The first-order chi connectivity index (χ1) is 8.58. The van der Waals surface area contributed by atoms with Crippen LogP contribution in [0.3, 0.4) is 0 Å². The zero-order valence-corrected chi connectivity index (χ0v) is 12.3. The Morgan fingerprint density at radius 3 is 2.56 bits per heavy atom. The summed E-state index contributed by atoms with van der Waals surface area (Å²) in [5.41, 5.74) is 7.47. The van der Waals surface area contributed by atoms with Crippen molar-refractivity contribution < 1.29 is 0 Å². The fourth-order valence-corrected chi connectivity index (χ4v) is 3.26. The lowest BCUT2D eigenvalue weighted by molar-refractivity contribution is 1.29. The first kappa shape index (κ1) is 13.2. The second-order valence-corrected chi connectivity index (χ2v) is 5.89. The predicted molar refractivity (Wildman–Crippen MR) is 80.5 cm³/mol. The third-order valence-electron chi connectivity index (χ3n) is 2.55. The molecule has 0 aromatic heterocycles. The highest BCUT2D eigenvalue weighted by Gasteiger charge is 2.06. The highest BCUT2D eigenvalue weighted by Crippen LogP contribution is 2.32. The minimum absolute atomic E-state index is 0.0781. The van der Waals surface area contributed by atoms with Crippen molar-refractivity contribution in [3.63, 3.8) is 0 Å². The van der Waals surface area contributed by atoms with E-state index >= 15 is 0 Å². The molecule has 0 unspecified atom stereocenters. The van der Waals surface area contributed by atoms with Crippen molar-refractivity contribution in [3.8, 4) is 0 Å². The number of hydrogen-bond donors (Lipinski definition) is 2. The minimum atomic E-state index is 0.0781. The molecule has 2 aromatic rings. The number of nitrogens with two attached hydrogens (primary N) is 1. The van der Waals surface area contributed by atoms with Crippen LogP contribution in [0.1, 0.15) is 11.1 Å². The summed E-state index contributed by atoms with van der Waals surface area (Å²) >= 11 is 5.15. The van der Waals surface area contributed by atoms with E-state index in [1.807, 2.05) is 30.3 Å². The smallest absolute Gasteiger partial charge is 0.123 e. The molecule has 18 heavy (non-hydrogen) atoms. The molecule has 0 radical (unpaired) electrons. The van der Waals surface area contributed by atoms with Gasteiger partial charge in [0.2, 0.25) is 0 Å². The highest BCUT2D eigenvalue weighted by atomic mass is 79.9. The zero-order chi connectivity index (χ0) is 13.1. The molecular weight excluding hydrogens is 308 g/mol. The Balaban J connectivity index is 2.29. The van der Waals surface area contributed by atoms with Gasteiger partial charge in [0.15, 0.2) is 0 Å². The van der Waals surface area contributed by atoms with Crippen LogP contribution in [-0.2, 0) is 0 Å². The predicted octanol–water partition coefficient (Wildman–Crippen LogP) is 4.19. The first-order valence-corrected chi connectivity index (χ1v) is 7.06. The minimum Gasteiger partial charge on any atom is -0.384 e. The lowest BCUT2D eigenvalue weighted by Gasteiger charge is -2.07. The Kier molecular flexibility index (Phi) is 4.09. The summed E-state index contributed by atoms with van der Waals surface area (Å²) in [4.78, 5) is 2.36. The molecule has 0 atom stereocenters. The molecule has 0 aliphatic heterocycles. The van der Waals surface area contributed by atoms with E-state index in [4.69, 9.17) is 11.1 Å². The number of halogens is 1. The number of nitrogen functional groups attached to an aromatic ring is 1. The van der Waals surface area contributed by atoms with Crippen molar-refractivity contribution in [1.29, 1.82) is 5.41 Å². The van der Waals surface area contributed by atoms with E-state index in [-0.39, 0.29) is 5.84 Å². The van der Waals surface area contributed by atoms with Crippen LogP contribution in [-0.4, -0.2) is 5.84 Å². The number of hydrogen-bond acceptors (Lipinski definition) is 2. The van der Waals surface area contributed by atoms with Crippen LogP contribution >= 0.6 is 27.7 Å². The van der Waals surface area contributed by atoms with Gasteiger partial charge in [0.25, 0.3) is 0 Å². The van der Waals surface area contributed by atoms with Crippen LogP contribution < -0.4 is 5.73 Å². The molecule has 92 valence electrons. The van der Waals surface area contributed by atoms with Gasteiger partial charge in [-0.1, -0.05) is 30.0 Å². The summed E-state index contributed by atoms with van der Waals surface area (Å²) in [5.74, 6) is 0.0781. The van der Waals surface area contributed by atoms with Crippen molar-refractivity contribution >= 4 is 33.5 Å². The fraction of sp³-hybridized carbons (Fsp3) is 0.0714. The van der Waals surface area contributed by atoms with Gasteiger partial charge in [-0.3, -0.25) is 5.41 Å². The molecule has 0 aliphatic carbocycles. The van der Waals surface area contributed by atoms with E-state index in [2.05, 4.69) is 35.0 Å². The molecule has 0 heterocycles. The van der Waals surface area contributed by atoms with Gasteiger partial charge in [0.05, 0.1) is 0 Å². The summed E-state index contributed by atoms with van der Waals surface area (Å²) in [6.45, 7) is 2.10. The van der Waals surface area contributed by atoms with Gasteiger partial charge < -0.3 is 5.73 Å². The molecule has 3 N–H and O–H groups in total. The Labute approximate surface area is 119 Å². The van der Waals surface area contributed by atoms with Crippen LogP contribution in [0.25, 0.3) is 0 Å². The molecule has 4 heteroatoms. The third kappa shape index (κ3) is 2.94. The molecular formula is C14H13BrN2S. The second-order valence-electron chi connectivity index (χ2n) is 3.92. The summed E-state index contributed by atoms with van der Waals surface area (Å²) in [5, 5.41) is 7.44. The van der Waals surface area contributed by atoms with Gasteiger partial charge in [-0.25, -0.2) is 0 Å². The summed E-state index contributed by atoms with van der Waals surface area (Å²) < 4.78 is 0.855. The van der Waals surface area contributed by atoms with Gasteiger partial charge in [0, 0.05) is 19.8 Å². The number of aryl methyl sites for hydroxylation is 1. The van der Waals surface area contributed by atoms with Crippen LogP contribution in [0.15, 0.2) is 56.7 Å². The molecule has 0 saturated carbocycles. The van der Waals surface area contributed by atoms with Crippen molar-refractivity contribution in [2.24, 2.45) is 5.73 Å². The standard InChI is InChI=1S/C14H13BrN2S/c1-9-4-2-3-5-13(9)18-10-6-7-11(14(16)17)12(15)8-10/h2-8H,1H3,(H3,16,17). The van der Waals surface area contributed by atoms with E-state index in [1.165, 1.54) is 10.5 Å². The molecule has 2 nitrogen and oxygen atoms in total. The zero-order valence-electron chi connectivity index (χ0n) is 9.91. The number of benzene rings is 2. The molecule has 2 aromatic carbocycles. The maximum absolute atomic E-state index is 7.44. The highest BCUT2D eigenvalue weighted by molar-refractivity contribution is 9.10. The topological polar surface area (TPSA) is 49.9 Å². The Morgan fingerprint density at radius 2 is 1.94 bits per heavy atom. The average molecular weight is 321 g/mol. The summed E-state index contributed by atoms with van der Waals surface area (Å²) in [6, 6.07) is 14.1. The van der Waals surface area contributed by atoms with Crippen LogP contribution in [0.5, 0.6) is 0 Å². The molecule has 0 fully saturated rings. The van der Waals surface area contributed by atoms with Gasteiger partial charge in [-0.2, -0.15) is 0 Å². The van der Waals surface area contributed by atoms with Gasteiger partial charge in [0.1, 0.15) is 5.84 Å². The van der Waals surface area contributed by atoms with Gasteiger partial charge >= 0.3 is 0 Å². The Bertz CT molecular complexity index is 596. The van der Waals surface area contributed by atoms with E-state index in [0.717, 1.165) is 14.9 Å². The SMILES string of the molecule is Cc1ccccc1Sc1ccc(C(=N)N)c(Br)c1. The van der Waals surface area contributed by atoms with Gasteiger partial charge in [-0.15, -0.1) is 0 Å². The fourth-order valence-electron chi connectivity index (χ4n) is 1.58. The van der Waals surface area contributed by atoms with Crippen molar-refractivity contribution in [1.82, 2.24) is 0 Å². The average Bonchev–Trinajstić information content (AvgIpc) is 2.32. The quantitative estimate of drug-likeness (QED) is 0.658. The maximum atomic E-state index is 7.44. The first-order valence-electron chi connectivity index (χ1n) is 5.45. The number of rotatable bonds is 3. The van der Waals surface area contributed by atoms with Crippen molar-refractivity contribution in [3.05, 3.63) is 58.1 Å². The summed E-state index contributed by atoms with van der Waals surface area (Å²) in [7, 11) is 0. The van der Waals surface area contributed by atoms with E-state index in [9.17, 15) is 0 Å². The second kappa shape index (κ2) is 5.59. The largest absolute Gasteiger partial charge is 0.384 e. The summed E-state index contributed by atoms with van der Waals surface area (Å²) in [6.07, 6.45) is 0. The maximum Gasteiger partial charge on any atom is 0.123 e. The van der Waals surface area contributed by atoms with Crippen LogP contribution in [0.2, 0.25) is 0 Å². The van der Waals surface area contributed by atoms with Crippen molar-refractivity contribution in [2.75, 3.05) is 0 Å². The lowest BCUT2D eigenvalue weighted by Crippen LogP contribution is -2.11. The molecule has 0 amide bonds. The molecule has 0 bridgehead atoms. The monoisotopic (exact) mass is 320 g/mol.